The minimum absolute atomic E-state index is 0.0145. The number of carbonyl (C=O) groups is 2. The second kappa shape index (κ2) is 7.72. The molecule has 150 valence electrons. The van der Waals surface area contributed by atoms with Crippen molar-refractivity contribution < 1.29 is 9.59 Å². The van der Waals surface area contributed by atoms with Crippen molar-refractivity contribution in [3.05, 3.63) is 59.8 Å². The van der Waals surface area contributed by atoms with Crippen LogP contribution in [0.25, 0.3) is 22.0 Å². The number of H-pyrrole nitrogens is 1. The summed E-state index contributed by atoms with van der Waals surface area (Å²) in [5.41, 5.74) is 4.99. The van der Waals surface area contributed by atoms with Crippen LogP contribution in [0.2, 0.25) is 0 Å². The number of benzene rings is 2. The number of hydrogen-bond acceptors (Lipinski definition) is 3. The Morgan fingerprint density at radius 1 is 1.07 bits per heavy atom. The first-order valence-corrected chi connectivity index (χ1v) is 9.88. The highest BCUT2D eigenvalue weighted by molar-refractivity contribution is 5.99. The van der Waals surface area contributed by atoms with Crippen molar-refractivity contribution in [1.82, 2.24) is 20.5 Å². The zero-order chi connectivity index (χ0) is 20.5. The Bertz CT molecular complexity index is 1050. The van der Waals surface area contributed by atoms with E-state index < -0.39 is 0 Å². The Morgan fingerprint density at radius 3 is 2.52 bits per heavy atom. The number of likely N-dealkylation sites (N-methyl/N-ethyl adjacent to an activating group) is 2. The topological polar surface area (TPSA) is 77.2 Å². The van der Waals surface area contributed by atoms with Crippen molar-refractivity contribution in [3.8, 4) is 11.1 Å². The van der Waals surface area contributed by atoms with E-state index in [1.165, 1.54) is 5.56 Å². The van der Waals surface area contributed by atoms with Gasteiger partial charge in [0.15, 0.2) is 0 Å². The number of aromatic amines is 1. The number of rotatable bonds is 4. The van der Waals surface area contributed by atoms with Gasteiger partial charge < -0.3 is 20.5 Å². The smallest absolute Gasteiger partial charge is 0.270 e. The summed E-state index contributed by atoms with van der Waals surface area (Å²) in [6.07, 6.45) is 0.611. The van der Waals surface area contributed by atoms with E-state index in [2.05, 4.69) is 58.9 Å². The minimum Gasteiger partial charge on any atom is -0.358 e. The van der Waals surface area contributed by atoms with Gasteiger partial charge in [0.1, 0.15) is 5.69 Å². The fourth-order valence-corrected chi connectivity index (χ4v) is 3.91. The summed E-state index contributed by atoms with van der Waals surface area (Å²) in [4.78, 5) is 29.8. The lowest BCUT2D eigenvalue weighted by molar-refractivity contribution is -0.122. The molecule has 2 heterocycles. The van der Waals surface area contributed by atoms with Crippen molar-refractivity contribution in [2.75, 3.05) is 20.6 Å². The van der Waals surface area contributed by atoms with Gasteiger partial charge in [-0.15, -0.1) is 0 Å². The van der Waals surface area contributed by atoms with Gasteiger partial charge in [-0.3, -0.25) is 9.59 Å². The van der Waals surface area contributed by atoms with Crippen molar-refractivity contribution in [3.63, 3.8) is 0 Å². The summed E-state index contributed by atoms with van der Waals surface area (Å²) in [5, 5.41) is 6.85. The molecule has 3 N–H and O–H groups in total. The lowest BCUT2D eigenvalue weighted by Crippen LogP contribution is -2.38. The molecular formula is C23H26N4O2. The van der Waals surface area contributed by atoms with Gasteiger partial charge in [-0.25, -0.2) is 0 Å². The monoisotopic (exact) mass is 390 g/mol. The van der Waals surface area contributed by atoms with Crippen LogP contribution in [0.3, 0.4) is 0 Å². The highest BCUT2D eigenvalue weighted by Gasteiger charge is 2.33. The summed E-state index contributed by atoms with van der Waals surface area (Å²) < 4.78 is 0. The molecule has 1 aromatic heterocycles. The van der Waals surface area contributed by atoms with Gasteiger partial charge >= 0.3 is 0 Å². The van der Waals surface area contributed by atoms with Gasteiger partial charge in [0, 0.05) is 37.6 Å². The average molecular weight is 390 g/mol. The number of fused-ring (bicyclic) bond motifs is 1. The molecule has 2 aromatic carbocycles. The molecule has 1 aliphatic rings. The molecule has 29 heavy (non-hydrogen) atoms. The van der Waals surface area contributed by atoms with Crippen LogP contribution in [-0.2, 0) is 4.79 Å². The van der Waals surface area contributed by atoms with Crippen molar-refractivity contribution in [2.24, 2.45) is 0 Å². The van der Waals surface area contributed by atoms with Gasteiger partial charge in [-0.1, -0.05) is 42.0 Å². The van der Waals surface area contributed by atoms with Crippen LogP contribution in [0.4, 0.5) is 0 Å². The lowest BCUT2D eigenvalue weighted by Gasteiger charge is -2.23. The van der Waals surface area contributed by atoms with Gasteiger partial charge in [0.25, 0.3) is 5.91 Å². The van der Waals surface area contributed by atoms with E-state index in [-0.39, 0.29) is 23.9 Å². The molecule has 2 amide bonds. The fourth-order valence-electron chi connectivity index (χ4n) is 3.91. The zero-order valence-electron chi connectivity index (χ0n) is 17.0. The van der Waals surface area contributed by atoms with Gasteiger partial charge in [0.2, 0.25) is 5.91 Å². The van der Waals surface area contributed by atoms with Crippen LogP contribution >= 0.6 is 0 Å². The standard InChI is InChI=1S/C23H26N4O2/c1-14-4-6-15(7-5-14)16-8-9-17-11-21(26-19(17)10-16)23(29)27(3)18-12-20(25-13-18)22(28)24-2/h4-11,18,20,25-26H,12-13H2,1-3H3,(H,24,28)/t18-,20-/m0/s1. The first-order chi connectivity index (χ1) is 14.0. The predicted octanol–water partition coefficient (Wildman–Crippen LogP) is 2.69. The molecule has 0 spiro atoms. The molecule has 3 aromatic rings. The number of nitrogens with zero attached hydrogens (tertiary/aromatic N) is 1. The third-order valence-electron chi connectivity index (χ3n) is 5.78. The molecule has 0 aliphatic carbocycles. The molecule has 2 atom stereocenters. The van der Waals surface area contributed by atoms with E-state index in [9.17, 15) is 9.59 Å². The third-order valence-corrected chi connectivity index (χ3v) is 5.78. The van der Waals surface area contributed by atoms with Crippen LogP contribution in [0.15, 0.2) is 48.5 Å². The van der Waals surface area contributed by atoms with E-state index in [0.29, 0.717) is 18.7 Å². The van der Waals surface area contributed by atoms with E-state index >= 15 is 0 Å². The Hall–Kier alpha value is -3.12. The Kier molecular flexibility index (Phi) is 5.11. The molecule has 1 saturated heterocycles. The van der Waals surface area contributed by atoms with Crippen LogP contribution in [0.5, 0.6) is 0 Å². The number of hydrogen-bond donors (Lipinski definition) is 3. The number of amides is 2. The second-order valence-electron chi connectivity index (χ2n) is 7.73. The fraction of sp³-hybridized carbons (Fsp3) is 0.304. The van der Waals surface area contributed by atoms with Gasteiger partial charge in [-0.05, 0) is 36.6 Å². The summed E-state index contributed by atoms with van der Waals surface area (Å²) in [5.74, 6) is -0.106. The first kappa shape index (κ1) is 19.2. The molecule has 0 saturated carbocycles. The largest absolute Gasteiger partial charge is 0.358 e. The van der Waals surface area contributed by atoms with Crippen molar-refractivity contribution >= 4 is 22.7 Å². The molecule has 4 rings (SSSR count). The molecule has 6 heteroatoms. The summed E-state index contributed by atoms with van der Waals surface area (Å²) in [7, 11) is 3.42. The normalized spacial score (nSPS) is 18.7. The molecular weight excluding hydrogens is 364 g/mol. The molecule has 0 unspecified atom stereocenters. The predicted molar refractivity (Wildman–Crippen MR) is 115 cm³/mol. The van der Waals surface area contributed by atoms with Crippen LogP contribution in [-0.4, -0.2) is 54.4 Å². The maximum atomic E-state index is 13.0. The van der Waals surface area contributed by atoms with Gasteiger partial charge in [0.05, 0.1) is 6.04 Å². The highest BCUT2D eigenvalue weighted by Crippen LogP contribution is 2.26. The van der Waals surface area contributed by atoms with Crippen LogP contribution < -0.4 is 10.6 Å². The van der Waals surface area contributed by atoms with Crippen molar-refractivity contribution in [1.29, 1.82) is 0 Å². The molecule has 0 radical (unpaired) electrons. The Morgan fingerprint density at radius 2 is 1.79 bits per heavy atom. The maximum absolute atomic E-state index is 13.0. The van der Waals surface area contributed by atoms with E-state index in [1.54, 1.807) is 19.0 Å². The Labute approximate surface area is 170 Å². The third kappa shape index (κ3) is 3.76. The number of aryl methyl sites for hydroxylation is 1. The molecule has 1 aliphatic heterocycles. The highest BCUT2D eigenvalue weighted by atomic mass is 16.2. The Balaban J connectivity index is 1.54. The first-order valence-electron chi connectivity index (χ1n) is 9.88. The lowest BCUT2D eigenvalue weighted by atomic mass is 10.0. The van der Waals surface area contributed by atoms with E-state index in [4.69, 9.17) is 0 Å². The number of nitrogens with one attached hydrogen (secondary N) is 3. The number of aromatic nitrogens is 1. The van der Waals surface area contributed by atoms with Crippen molar-refractivity contribution in [2.45, 2.75) is 25.4 Å². The maximum Gasteiger partial charge on any atom is 0.270 e. The van der Waals surface area contributed by atoms with E-state index in [1.807, 2.05) is 12.1 Å². The van der Waals surface area contributed by atoms with Crippen LogP contribution in [0.1, 0.15) is 22.5 Å². The quantitative estimate of drug-likeness (QED) is 0.641. The summed E-state index contributed by atoms with van der Waals surface area (Å²) in [6.45, 7) is 2.68. The van der Waals surface area contributed by atoms with Crippen LogP contribution in [0, 0.1) is 6.92 Å². The average Bonchev–Trinajstić information content (AvgIpc) is 3.39. The second-order valence-corrected chi connectivity index (χ2v) is 7.73. The zero-order valence-corrected chi connectivity index (χ0v) is 17.0. The minimum atomic E-state index is -0.250. The molecule has 6 nitrogen and oxygen atoms in total. The summed E-state index contributed by atoms with van der Waals surface area (Å²) >= 11 is 0. The van der Waals surface area contributed by atoms with Gasteiger partial charge in [-0.2, -0.15) is 0 Å². The summed E-state index contributed by atoms with van der Waals surface area (Å²) in [6, 6.07) is 16.2. The number of carbonyl (C=O) groups excluding carboxylic acids is 2. The SMILES string of the molecule is CNC(=O)[C@@H]1C[C@H](N(C)C(=O)c2cc3ccc(-c4ccc(C)cc4)cc3[nH]2)CN1. The van der Waals surface area contributed by atoms with E-state index in [0.717, 1.165) is 22.0 Å². The molecule has 1 fully saturated rings. The molecule has 0 bridgehead atoms.